The molecule has 0 saturated heterocycles. The predicted molar refractivity (Wildman–Crippen MR) is 80.7 cm³/mol. The van der Waals surface area contributed by atoms with Crippen LogP contribution in [0.5, 0.6) is 0 Å². The number of benzene rings is 1. The molecule has 114 valence electrons. The molecule has 0 unspecified atom stereocenters. The van der Waals surface area contributed by atoms with Crippen LogP contribution in [0.1, 0.15) is 32.3 Å². The fourth-order valence-corrected chi connectivity index (χ4v) is 1.79. The molecule has 21 heavy (non-hydrogen) atoms. The Morgan fingerprint density at radius 2 is 1.90 bits per heavy atom. The molecule has 0 aromatic heterocycles. The van der Waals surface area contributed by atoms with Gasteiger partial charge in [0, 0.05) is 18.2 Å². The van der Waals surface area contributed by atoms with Crippen LogP contribution >= 0.6 is 0 Å². The first kappa shape index (κ1) is 15.5. The molecule has 5 heteroatoms. The maximum Gasteiger partial charge on any atom is 0.246 e. The quantitative estimate of drug-likeness (QED) is 0.808. The number of anilines is 1. The minimum atomic E-state index is -0.130. The third kappa shape index (κ3) is 5.55. The highest BCUT2D eigenvalue weighted by Gasteiger charge is 2.29. The Balaban J connectivity index is 1.74. The van der Waals surface area contributed by atoms with E-state index in [4.69, 9.17) is 4.74 Å². The molecule has 0 bridgehead atoms. The molecule has 2 amide bonds. The number of nitrogens with one attached hydrogen (secondary N) is 2. The van der Waals surface area contributed by atoms with Crippen molar-refractivity contribution in [2.75, 3.05) is 11.9 Å². The van der Waals surface area contributed by atoms with Gasteiger partial charge in [-0.05, 0) is 44.4 Å². The lowest BCUT2D eigenvalue weighted by atomic mass is 10.2. The number of carbonyl (C=O) groups excluding carboxylic acids is 2. The molecule has 0 atom stereocenters. The van der Waals surface area contributed by atoms with Gasteiger partial charge in [0.1, 0.15) is 6.61 Å². The van der Waals surface area contributed by atoms with E-state index in [0.29, 0.717) is 6.54 Å². The van der Waals surface area contributed by atoms with Crippen LogP contribution in [-0.4, -0.2) is 24.5 Å². The molecule has 0 radical (unpaired) electrons. The molecule has 0 spiro atoms. The lowest BCUT2D eigenvalue weighted by Crippen LogP contribution is -2.28. The summed E-state index contributed by atoms with van der Waals surface area (Å²) in [6.45, 7) is 4.31. The SMILES string of the molecule is CC(C)OCC(=O)NCc1ccc(NC(=O)C2CC2)cc1. The van der Waals surface area contributed by atoms with Crippen molar-refractivity contribution < 1.29 is 14.3 Å². The van der Waals surface area contributed by atoms with Crippen molar-refractivity contribution >= 4 is 17.5 Å². The van der Waals surface area contributed by atoms with E-state index in [-0.39, 0.29) is 30.4 Å². The summed E-state index contributed by atoms with van der Waals surface area (Å²) in [5.74, 6) is 0.168. The number of hydrogen-bond donors (Lipinski definition) is 2. The molecule has 0 heterocycles. The topological polar surface area (TPSA) is 67.4 Å². The van der Waals surface area contributed by atoms with Gasteiger partial charge in [0.15, 0.2) is 0 Å². The Bertz CT molecular complexity index is 493. The van der Waals surface area contributed by atoms with Gasteiger partial charge in [0.05, 0.1) is 6.10 Å². The normalized spacial score (nSPS) is 14.0. The summed E-state index contributed by atoms with van der Waals surface area (Å²) in [5, 5.41) is 5.67. The fraction of sp³-hybridized carbons (Fsp3) is 0.500. The number of amides is 2. The number of ether oxygens (including phenoxy) is 1. The van der Waals surface area contributed by atoms with Gasteiger partial charge in [-0.3, -0.25) is 9.59 Å². The van der Waals surface area contributed by atoms with Gasteiger partial charge in [-0.15, -0.1) is 0 Å². The summed E-state index contributed by atoms with van der Waals surface area (Å²) in [6.07, 6.45) is 2.04. The lowest BCUT2D eigenvalue weighted by Gasteiger charge is -2.09. The first-order valence-electron chi connectivity index (χ1n) is 7.32. The average Bonchev–Trinajstić information content (AvgIpc) is 3.29. The van der Waals surface area contributed by atoms with E-state index < -0.39 is 0 Å². The predicted octanol–water partition coefficient (Wildman–Crippen LogP) is 2.08. The van der Waals surface area contributed by atoms with Crippen LogP contribution in [0.3, 0.4) is 0 Å². The van der Waals surface area contributed by atoms with Crippen molar-refractivity contribution in [3.63, 3.8) is 0 Å². The molecule has 2 N–H and O–H groups in total. The number of hydrogen-bond acceptors (Lipinski definition) is 3. The zero-order valence-corrected chi connectivity index (χ0v) is 12.5. The van der Waals surface area contributed by atoms with E-state index in [1.807, 2.05) is 38.1 Å². The summed E-state index contributed by atoms with van der Waals surface area (Å²) in [5.41, 5.74) is 1.78. The minimum Gasteiger partial charge on any atom is -0.369 e. The van der Waals surface area contributed by atoms with Gasteiger partial charge >= 0.3 is 0 Å². The van der Waals surface area contributed by atoms with E-state index in [1.165, 1.54) is 0 Å². The second kappa shape index (κ2) is 7.22. The summed E-state index contributed by atoms with van der Waals surface area (Å²) < 4.78 is 5.22. The van der Waals surface area contributed by atoms with E-state index in [9.17, 15) is 9.59 Å². The molecule has 5 nitrogen and oxygen atoms in total. The first-order chi connectivity index (χ1) is 10.0. The summed E-state index contributed by atoms with van der Waals surface area (Å²) in [7, 11) is 0. The summed E-state index contributed by atoms with van der Waals surface area (Å²) >= 11 is 0. The van der Waals surface area contributed by atoms with Crippen LogP contribution in [0.15, 0.2) is 24.3 Å². The molecular formula is C16H22N2O3. The van der Waals surface area contributed by atoms with Crippen molar-refractivity contribution in [3.8, 4) is 0 Å². The highest BCUT2D eigenvalue weighted by atomic mass is 16.5. The molecular weight excluding hydrogens is 268 g/mol. The number of carbonyl (C=O) groups is 2. The van der Waals surface area contributed by atoms with Crippen molar-refractivity contribution in [2.45, 2.75) is 39.3 Å². The minimum absolute atomic E-state index is 0.0464. The van der Waals surface area contributed by atoms with Crippen molar-refractivity contribution in [1.82, 2.24) is 5.32 Å². The Labute approximate surface area is 125 Å². The van der Waals surface area contributed by atoms with Gasteiger partial charge in [0.2, 0.25) is 11.8 Å². The molecule has 1 saturated carbocycles. The number of rotatable bonds is 7. The standard InChI is InChI=1S/C16H22N2O3/c1-11(2)21-10-15(19)17-9-12-3-7-14(8-4-12)18-16(20)13-5-6-13/h3-4,7-8,11,13H,5-6,9-10H2,1-2H3,(H,17,19)(H,18,20). The Hall–Kier alpha value is -1.88. The van der Waals surface area contributed by atoms with Crippen molar-refractivity contribution in [1.29, 1.82) is 0 Å². The molecule has 1 fully saturated rings. The third-order valence-corrected chi connectivity index (χ3v) is 3.21. The van der Waals surface area contributed by atoms with Gasteiger partial charge < -0.3 is 15.4 Å². The van der Waals surface area contributed by atoms with Crippen molar-refractivity contribution in [2.24, 2.45) is 5.92 Å². The van der Waals surface area contributed by atoms with Crippen molar-refractivity contribution in [3.05, 3.63) is 29.8 Å². The molecule has 1 aliphatic rings. The van der Waals surface area contributed by atoms with E-state index in [2.05, 4.69) is 10.6 Å². The van der Waals surface area contributed by atoms with Crippen LogP contribution in [-0.2, 0) is 20.9 Å². The second-order valence-electron chi connectivity index (χ2n) is 5.60. The lowest BCUT2D eigenvalue weighted by molar-refractivity contribution is -0.127. The largest absolute Gasteiger partial charge is 0.369 e. The zero-order chi connectivity index (χ0) is 15.2. The average molecular weight is 290 g/mol. The maximum absolute atomic E-state index is 11.6. The van der Waals surface area contributed by atoms with Gasteiger partial charge in [-0.25, -0.2) is 0 Å². The van der Waals surface area contributed by atoms with Crippen LogP contribution < -0.4 is 10.6 Å². The monoisotopic (exact) mass is 290 g/mol. The molecule has 0 aliphatic heterocycles. The Morgan fingerprint density at radius 1 is 1.24 bits per heavy atom. The molecule has 2 rings (SSSR count). The van der Waals surface area contributed by atoms with Crippen LogP contribution in [0.25, 0.3) is 0 Å². The van der Waals surface area contributed by atoms with Gasteiger partial charge in [-0.2, -0.15) is 0 Å². The summed E-state index contributed by atoms with van der Waals surface area (Å²) in [6, 6.07) is 7.50. The van der Waals surface area contributed by atoms with Crippen LogP contribution in [0, 0.1) is 5.92 Å². The molecule has 1 aromatic rings. The van der Waals surface area contributed by atoms with E-state index in [0.717, 1.165) is 24.1 Å². The first-order valence-corrected chi connectivity index (χ1v) is 7.32. The highest BCUT2D eigenvalue weighted by molar-refractivity contribution is 5.94. The van der Waals surface area contributed by atoms with Gasteiger partial charge in [0.25, 0.3) is 0 Å². The second-order valence-corrected chi connectivity index (χ2v) is 5.60. The zero-order valence-electron chi connectivity index (χ0n) is 12.5. The van der Waals surface area contributed by atoms with E-state index >= 15 is 0 Å². The summed E-state index contributed by atoms with van der Waals surface area (Å²) in [4.78, 5) is 23.1. The Kier molecular flexibility index (Phi) is 5.33. The highest BCUT2D eigenvalue weighted by Crippen LogP contribution is 2.30. The third-order valence-electron chi connectivity index (χ3n) is 3.21. The van der Waals surface area contributed by atoms with Crippen LogP contribution in [0.2, 0.25) is 0 Å². The molecule has 1 aromatic carbocycles. The molecule has 1 aliphatic carbocycles. The Morgan fingerprint density at radius 3 is 2.48 bits per heavy atom. The smallest absolute Gasteiger partial charge is 0.246 e. The van der Waals surface area contributed by atoms with E-state index in [1.54, 1.807) is 0 Å². The van der Waals surface area contributed by atoms with Gasteiger partial charge in [-0.1, -0.05) is 12.1 Å². The fourth-order valence-electron chi connectivity index (χ4n) is 1.79. The maximum atomic E-state index is 11.6. The van der Waals surface area contributed by atoms with Crippen LogP contribution in [0.4, 0.5) is 5.69 Å².